The Hall–Kier alpha value is -2.05. The first-order valence-corrected chi connectivity index (χ1v) is 9.70. The number of aromatic nitrogens is 2. The Kier molecular flexibility index (Phi) is 5.77. The highest BCUT2D eigenvalue weighted by molar-refractivity contribution is 7.99. The normalized spacial score (nSPS) is 16.2. The minimum Gasteiger partial charge on any atom is -0.397 e. The van der Waals surface area contributed by atoms with Crippen molar-refractivity contribution in [1.29, 1.82) is 5.26 Å². The molecule has 3 rings (SSSR count). The van der Waals surface area contributed by atoms with Crippen molar-refractivity contribution >= 4 is 34.7 Å². The highest BCUT2D eigenvalue weighted by atomic mass is 35.5. The SMILES string of the molecule is CC1(N)CCN(c2c(N)cc(Sc3ccnc(Cl)c3C#N)nc2CO)CC1. The first-order chi connectivity index (χ1) is 12.8. The zero-order chi connectivity index (χ0) is 19.6. The van der Waals surface area contributed by atoms with Crippen molar-refractivity contribution in [2.24, 2.45) is 5.73 Å². The molecular formula is C18H21ClN6OS. The molecule has 0 spiro atoms. The van der Waals surface area contributed by atoms with E-state index < -0.39 is 0 Å². The number of hydrogen-bond donors (Lipinski definition) is 3. The Labute approximate surface area is 167 Å². The molecule has 5 N–H and O–H groups in total. The number of pyridine rings is 2. The van der Waals surface area contributed by atoms with E-state index in [1.807, 2.05) is 6.92 Å². The second-order valence-electron chi connectivity index (χ2n) is 6.83. The first kappa shape index (κ1) is 19.7. The average Bonchev–Trinajstić information content (AvgIpc) is 2.62. The number of halogens is 1. The quantitative estimate of drug-likeness (QED) is 0.664. The molecule has 9 heteroatoms. The van der Waals surface area contributed by atoms with Crippen LogP contribution in [0.15, 0.2) is 28.3 Å². The van der Waals surface area contributed by atoms with E-state index >= 15 is 0 Å². The zero-order valence-electron chi connectivity index (χ0n) is 14.9. The maximum absolute atomic E-state index is 9.85. The van der Waals surface area contributed by atoms with Gasteiger partial charge in [0.2, 0.25) is 0 Å². The molecule has 1 saturated heterocycles. The van der Waals surface area contributed by atoms with Crippen LogP contribution < -0.4 is 16.4 Å². The van der Waals surface area contributed by atoms with E-state index in [1.165, 1.54) is 18.0 Å². The summed E-state index contributed by atoms with van der Waals surface area (Å²) in [5.41, 5.74) is 14.4. The standard InChI is InChI=1S/C18H21ClN6OS/c1-18(22)3-6-25(7-4-18)16-12(21)8-15(24-13(16)10-26)27-14-2-5-23-17(19)11(14)9-20/h2,5,8,26H,3-4,6-7,10,22H2,1H3,(H2,21,24). The molecule has 0 aromatic carbocycles. The number of nitrogens with zero attached hydrogens (tertiary/aromatic N) is 4. The third-order valence-electron chi connectivity index (χ3n) is 4.64. The summed E-state index contributed by atoms with van der Waals surface area (Å²) in [6.45, 7) is 3.34. The maximum atomic E-state index is 9.85. The van der Waals surface area contributed by atoms with Gasteiger partial charge in [0.1, 0.15) is 21.8 Å². The number of aliphatic hydroxyl groups is 1. The van der Waals surface area contributed by atoms with E-state index in [4.69, 9.17) is 23.1 Å². The van der Waals surface area contributed by atoms with Crippen molar-refractivity contribution in [3.8, 4) is 6.07 Å². The van der Waals surface area contributed by atoms with E-state index in [9.17, 15) is 10.4 Å². The Morgan fingerprint density at radius 2 is 2.15 bits per heavy atom. The Morgan fingerprint density at radius 3 is 2.78 bits per heavy atom. The first-order valence-electron chi connectivity index (χ1n) is 8.51. The van der Waals surface area contributed by atoms with Gasteiger partial charge in [0.15, 0.2) is 0 Å². The Morgan fingerprint density at radius 1 is 1.44 bits per heavy atom. The number of nitriles is 1. The van der Waals surface area contributed by atoms with Gasteiger partial charge in [-0.05, 0) is 31.9 Å². The molecule has 2 aromatic rings. The van der Waals surface area contributed by atoms with Crippen LogP contribution in [0.1, 0.15) is 31.0 Å². The van der Waals surface area contributed by atoms with Crippen LogP contribution in [0.25, 0.3) is 0 Å². The third kappa shape index (κ3) is 4.28. The average molecular weight is 405 g/mol. The van der Waals surface area contributed by atoms with Gasteiger partial charge in [-0.2, -0.15) is 5.26 Å². The molecule has 0 unspecified atom stereocenters. The summed E-state index contributed by atoms with van der Waals surface area (Å²) in [6.07, 6.45) is 3.22. The molecule has 1 aliphatic heterocycles. The van der Waals surface area contributed by atoms with Crippen LogP contribution in [0, 0.1) is 11.3 Å². The molecule has 0 amide bonds. The minimum absolute atomic E-state index is 0.146. The predicted molar refractivity (Wildman–Crippen MR) is 107 cm³/mol. The summed E-state index contributed by atoms with van der Waals surface area (Å²) >= 11 is 7.25. The van der Waals surface area contributed by atoms with Crippen LogP contribution in [0.3, 0.4) is 0 Å². The lowest BCUT2D eigenvalue weighted by Crippen LogP contribution is -2.48. The third-order valence-corrected chi connectivity index (χ3v) is 5.90. The van der Waals surface area contributed by atoms with Crippen molar-refractivity contribution in [3.63, 3.8) is 0 Å². The van der Waals surface area contributed by atoms with Gasteiger partial charge in [-0.1, -0.05) is 23.4 Å². The smallest absolute Gasteiger partial charge is 0.147 e. The molecule has 0 bridgehead atoms. The highest BCUT2D eigenvalue weighted by Gasteiger charge is 2.28. The van der Waals surface area contributed by atoms with Crippen LogP contribution in [-0.4, -0.2) is 33.7 Å². The number of nitrogens with two attached hydrogens (primary N) is 2. The largest absolute Gasteiger partial charge is 0.397 e. The van der Waals surface area contributed by atoms with Gasteiger partial charge in [0.05, 0.1) is 23.7 Å². The van der Waals surface area contributed by atoms with Crippen molar-refractivity contribution in [3.05, 3.63) is 34.7 Å². The van der Waals surface area contributed by atoms with Gasteiger partial charge >= 0.3 is 0 Å². The lowest BCUT2D eigenvalue weighted by molar-refractivity contribution is 0.275. The molecule has 27 heavy (non-hydrogen) atoms. The van der Waals surface area contributed by atoms with Crippen molar-refractivity contribution in [1.82, 2.24) is 9.97 Å². The van der Waals surface area contributed by atoms with Crippen LogP contribution >= 0.6 is 23.4 Å². The predicted octanol–water partition coefficient (Wildman–Crippen LogP) is 2.54. The van der Waals surface area contributed by atoms with E-state index in [0.29, 0.717) is 21.3 Å². The zero-order valence-corrected chi connectivity index (χ0v) is 16.5. The van der Waals surface area contributed by atoms with E-state index in [-0.39, 0.29) is 22.9 Å². The molecule has 3 heterocycles. The molecule has 0 radical (unpaired) electrons. The molecule has 1 fully saturated rings. The van der Waals surface area contributed by atoms with Crippen LogP contribution in [0.5, 0.6) is 0 Å². The van der Waals surface area contributed by atoms with Gasteiger partial charge in [0.25, 0.3) is 0 Å². The number of hydrogen-bond acceptors (Lipinski definition) is 8. The number of nitrogen functional groups attached to an aromatic ring is 1. The monoisotopic (exact) mass is 404 g/mol. The summed E-state index contributed by atoms with van der Waals surface area (Å²) in [5.74, 6) is 0. The molecule has 7 nitrogen and oxygen atoms in total. The lowest BCUT2D eigenvalue weighted by Gasteiger charge is -2.39. The number of aliphatic hydroxyl groups excluding tert-OH is 1. The minimum atomic E-state index is -0.230. The molecular weight excluding hydrogens is 384 g/mol. The van der Waals surface area contributed by atoms with Crippen LogP contribution in [-0.2, 0) is 6.61 Å². The summed E-state index contributed by atoms with van der Waals surface area (Å²) in [5, 5.41) is 19.9. The van der Waals surface area contributed by atoms with Gasteiger partial charge in [-0.15, -0.1) is 0 Å². The van der Waals surface area contributed by atoms with E-state index in [1.54, 1.807) is 12.1 Å². The number of piperidine rings is 1. The summed E-state index contributed by atoms with van der Waals surface area (Å²) in [7, 11) is 0. The molecule has 0 aliphatic carbocycles. The topological polar surface area (TPSA) is 125 Å². The van der Waals surface area contributed by atoms with Crippen molar-refractivity contribution in [2.75, 3.05) is 23.7 Å². The van der Waals surface area contributed by atoms with E-state index in [0.717, 1.165) is 31.6 Å². The van der Waals surface area contributed by atoms with Crippen LogP contribution in [0.4, 0.5) is 11.4 Å². The lowest BCUT2D eigenvalue weighted by atomic mass is 9.90. The van der Waals surface area contributed by atoms with Gasteiger partial charge in [-0.25, -0.2) is 9.97 Å². The molecule has 2 aromatic heterocycles. The number of anilines is 2. The Bertz CT molecular complexity index is 888. The number of rotatable bonds is 4. The fraction of sp³-hybridized carbons (Fsp3) is 0.389. The van der Waals surface area contributed by atoms with Gasteiger partial charge < -0.3 is 21.5 Å². The van der Waals surface area contributed by atoms with Crippen molar-refractivity contribution < 1.29 is 5.11 Å². The molecule has 1 aliphatic rings. The maximum Gasteiger partial charge on any atom is 0.147 e. The fourth-order valence-electron chi connectivity index (χ4n) is 3.07. The molecule has 0 saturated carbocycles. The molecule has 0 atom stereocenters. The summed E-state index contributed by atoms with van der Waals surface area (Å²) < 4.78 is 0. The second-order valence-corrected chi connectivity index (χ2v) is 8.25. The highest BCUT2D eigenvalue weighted by Crippen LogP contribution is 2.37. The Balaban J connectivity index is 1.91. The second kappa shape index (κ2) is 7.90. The van der Waals surface area contributed by atoms with E-state index in [2.05, 4.69) is 20.9 Å². The van der Waals surface area contributed by atoms with Gasteiger partial charge in [0, 0.05) is 29.7 Å². The fourth-order valence-corrected chi connectivity index (χ4v) is 4.27. The summed E-state index contributed by atoms with van der Waals surface area (Å²) in [6, 6.07) is 5.51. The van der Waals surface area contributed by atoms with Gasteiger partial charge in [-0.3, -0.25) is 0 Å². The van der Waals surface area contributed by atoms with Crippen LogP contribution in [0.2, 0.25) is 5.15 Å². The van der Waals surface area contributed by atoms with Crippen molar-refractivity contribution in [2.45, 2.75) is 41.8 Å². The summed E-state index contributed by atoms with van der Waals surface area (Å²) in [4.78, 5) is 11.2. The molecule has 142 valence electrons.